The van der Waals surface area contributed by atoms with Gasteiger partial charge in [0.15, 0.2) is 0 Å². The first kappa shape index (κ1) is 19.2. The van der Waals surface area contributed by atoms with Crippen molar-refractivity contribution in [2.24, 2.45) is 5.73 Å². The van der Waals surface area contributed by atoms with Crippen LogP contribution in [0, 0.1) is 0 Å². The third-order valence-electron chi connectivity index (χ3n) is 2.18. The van der Waals surface area contributed by atoms with Gasteiger partial charge in [-0.05, 0) is 19.4 Å². The first-order valence-corrected chi connectivity index (χ1v) is 7.02. The van der Waals surface area contributed by atoms with E-state index in [1.165, 1.54) is 0 Å². The van der Waals surface area contributed by atoms with Crippen LogP contribution in [0.5, 0.6) is 0 Å². The summed E-state index contributed by atoms with van der Waals surface area (Å²) in [6.45, 7) is -0.690. The largest absolute Gasteiger partial charge is 0.408 e. The van der Waals surface area contributed by atoms with Crippen molar-refractivity contribution in [3.05, 3.63) is 12.4 Å². The fraction of sp³-hybridized carbons (Fsp3) is 0.667. The van der Waals surface area contributed by atoms with Crippen LogP contribution in [-0.4, -0.2) is 37.5 Å². The minimum absolute atomic E-state index is 0. The molecular weight excluding hydrogens is 321 g/mol. The third kappa shape index (κ3) is 6.55. The number of unbranched alkanes of at least 4 members (excludes halogenated alkanes) is 1. The highest BCUT2D eigenvalue weighted by Gasteiger charge is 2.29. The zero-order valence-electron chi connectivity index (χ0n) is 10.4. The Bertz CT molecular complexity index is 504. The maximum absolute atomic E-state index is 12.1. The Kier molecular flexibility index (Phi) is 7.49. The fourth-order valence-corrected chi connectivity index (χ4v) is 2.34. The van der Waals surface area contributed by atoms with Crippen molar-refractivity contribution < 1.29 is 21.6 Å². The van der Waals surface area contributed by atoms with E-state index in [0.29, 0.717) is 24.1 Å². The van der Waals surface area contributed by atoms with Crippen molar-refractivity contribution in [2.45, 2.75) is 30.5 Å². The normalized spacial score (nSPS) is 12.2. The number of nitrogens with two attached hydrogens (primary N) is 1. The second-order valence-electron chi connectivity index (χ2n) is 3.88. The van der Waals surface area contributed by atoms with Gasteiger partial charge < -0.3 is 5.73 Å². The molecule has 0 fully saturated rings. The SMILES string of the molecule is Cl.NCCCCNS(=O)(=O)c1cnn(CC(F)(F)F)c1. The Labute approximate surface area is 121 Å². The Hall–Kier alpha value is -0.840. The van der Waals surface area contributed by atoms with E-state index in [1.807, 2.05) is 0 Å². The van der Waals surface area contributed by atoms with E-state index in [2.05, 4.69) is 9.82 Å². The number of alkyl halides is 3. The molecule has 118 valence electrons. The Morgan fingerprint density at radius 2 is 2.00 bits per heavy atom. The van der Waals surface area contributed by atoms with Crippen LogP contribution in [0.2, 0.25) is 0 Å². The number of sulfonamides is 1. The maximum atomic E-state index is 12.1. The number of nitrogens with one attached hydrogen (secondary N) is 1. The number of hydrogen-bond acceptors (Lipinski definition) is 4. The summed E-state index contributed by atoms with van der Waals surface area (Å²) >= 11 is 0. The van der Waals surface area contributed by atoms with Gasteiger partial charge in [-0.1, -0.05) is 0 Å². The van der Waals surface area contributed by atoms with E-state index in [-0.39, 0.29) is 23.8 Å². The average molecular weight is 337 g/mol. The van der Waals surface area contributed by atoms with E-state index in [1.54, 1.807) is 0 Å². The summed E-state index contributed by atoms with van der Waals surface area (Å²) in [5, 5.41) is 3.37. The summed E-state index contributed by atoms with van der Waals surface area (Å²) in [5.74, 6) is 0. The first-order valence-electron chi connectivity index (χ1n) is 5.53. The molecule has 3 N–H and O–H groups in total. The van der Waals surface area contributed by atoms with Gasteiger partial charge in [-0.25, -0.2) is 13.1 Å². The molecule has 20 heavy (non-hydrogen) atoms. The number of hydrogen-bond donors (Lipinski definition) is 2. The molecule has 0 aromatic carbocycles. The van der Waals surface area contributed by atoms with Crippen LogP contribution in [0.15, 0.2) is 17.3 Å². The second kappa shape index (κ2) is 7.81. The smallest absolute Gasteiger partial charge is 0.330 e. The lowest BCUT2D eigenvalue weighted by molar-refractivity contribution is -0.142. The summed E-state index contributed by atoms with van der Waals surface area (Å²) in [7, 11) is -3.82. The highest BCUT2D eigenvalue weighted by molar-refractivity contribution is 7.89. The highest BCUT2D eigenvalue weighted by atomic mass is 35.5. The topological polar surface area (TPSA) is 90.0 Å². The van der Waals surface area contributed by atoms with Crippen LogP contribution in [-0.2, 0) is 16.6 Å². The lowest BCUT2D eigenvalue weighted by Crippen LogP contribution is -2.25. The monoisotopic (exact) mass is 336 g/mol. The van der Waals surface area contributed by atoms with Gasteiger partial charge in [0.25, 0.3) is 0 Å². The molecule has 0 amide bonds. The molecule has 0 bridgehead atoms. The summed E-state index contributed by atoms with van der Waals surface area (Å²) < 4.78 is 62.5. The molecule has 1 aromatic heterocycles. The average Bonchev–Trinajstić information content (AvgIpc) is 2.71. The Balaban J connectivity index is 0.00000361. The molecule has 0 unspecified atom stereocenters. The Morgan fingerprint density at radius 3 is 2.55 bits per heavy atom. The summed E-state index contributed by atoms with van der Waals surface area (Å²) in [5.41, 5.74) is 5.25. The molecule has 1 rings (SSSR count). The summed E-state index contributed by atoms with van der Waals surface area (Å²) in [4.78, 5) is -0.288. The second-order valence-corrected chi connectivity index (χ2v) is 5.65. The van der Waals surface area contributed by atoms with Gasteiger partial charge in [-0.15, -0.1) is 12.4 Å². The van der Waals surface area contributed by atoms with E-state index < -0.39 is 22.7 Å². The van der Waals surface area contributed by atoms with Crippen LogP contribution in [0.1, 0.15) is 12.8 Å². The van der Waals surface area contributed by atoms with Crippen LogP contribution < -0.4 is 10.5 Å². The molecule has 0 radical (unpaired) electrons. The van der Waals surface area contributed by atoms with Gasteiger partial charge in [0.2, 0.25) is 10.0 Å². The van der Waals surface area contributed by atoms with Crippen molar-refractivity contribution in [2.75, 3.05) is 13.1 Å². The fourth-order valence-electron chi connectivity index (χ4n) is 1.31. The molecular formula is C9H16ClF3N4O2S. The van der Waals surface area contributed by atoms with E-state index in [9.17, 15) is 21.6 Å². The van der Waals surface area contributed by atoms with Gasteiger partial charge in [0, 0.05) is 12.7 Å². The van der Waals surface area contributed by atoms with Gasteiger partial charge in [0.1, 0.15) is 11.4 Å². The lowest BCUT2D eigenvalue weighted by Gasteiger charge is -2.05. The van der Waals surface area contributed by atoms with E-state index in [0.717, 1.165) is 12.4 Å². The van der Waals surface area contributed by atoms with E-state index >= 15 is 0 Å². The molecule has 0 aliphatic carbocycles. The van der Waals surface area contributed by atoms with Crippen LogP contribution in [0.3, 0.4) is 0 Å². The summed E-state index contributed by atoms with van der Waals surface area (Å²) in [6, 6.07) is 0. The lowest BCUT2D eigenvalue weighted by atomic mass is 10.3. The molecule has 0 aliphatic rings. The zero-order valence-corrected chi connectivity index (χ0v) is 12.1. The van der Waals surface area contributed by atoms with Crippen LogP contribution in [0.25, 0.3) is 0 Å². The first-order chi connectivity index (χ1) is 8.74. The van der Waals surface area contributed by atoms with Crippen LogP contribution in [0.4, 0.5) is 13.2 Å². The van der Waals surface area contributed by atoms with Gasteiger partial charge in [-0.3, -0.25) is 4.68 Å². The van der Waals surface area contributed by atoms with Crippen LogP contribution >= 0.6 is 12.4 Å². The minimum atomic E-state index is -4.44. The molecule has 0 spiro atoms. The molecule has 1 aromatic rings. The standard InChI is InChI=1S/C9H15F3N4O2S.ClH/c10-9(11,12)7-16-6-8(5-14-16)19(17,18)15-4-2-1-3-13;/h5-6,15H,1-4,7,13H2;1H. The van der Waals surface area contributed by atoms with Crippen molar-refractivity contribution in [1.82, 2.24) is 14.5 Å². The minimum Gasteiger partial charge on any atom is -0.330 e. The predicted molar refractivity (Wildman–Crippen MR) is 69.0 cm³/mol. The molecule has 0 saturated heterocycles. The van der Waals surface area contributed by atoms with Crippen molar-refractivity contribution in [3.63, 3.8) is 0 Å². The van der Waals surface area contributed by atoms with Crippen molar-refractivity contribution >= 4 is 22.4 Å². The van der Waals surface area contributed by atoms with Crippen molar-refractivity contribution in [1.29, 1.82) is 0 Å². The van der Waals surface area contributed by atoms with E-state index in [4.69, 9.17) is 5.73 Å². The quantitative estimate of drug-likeness (QED) is 0.723. The van der Waals surface area contributed by atoms with Gasteiger partial charge in [0.05, 0.1) is 6.20 Å². The maximum Gasteiger partial charge on any atom is 0.408 e. The Morgan fingerprint density at radius 1 is 1.35 bits per heavy atom. The number of aromatic nitrogens is 2. The molecule has 6 nitrogen and oxygen atoms in total. The molecule has 1 heterocycles. The van der Waals surface area contributed by atoms with Crippen molar-refractivity contribution in [3.8, 4) is 0 Å². The van der Waals surface area contributed by atoms with Gasteiger partial charge >= 0.3 is 6.18 Å². The third-order valence-corrected chi connectivity index (χ3v) is 3.60. The zero-order chi connectivity index (χ0) is 14.5. The molecule has 0 saturated carbocycles. The summed E-state index contributed by atoms with van der Waals surface area (Å²) in [6.07, 6.45) is -1.49. The molecule has 0 aliphatic heterocycles. The number of rotatable bonds is 7. The molecule has 0 atom stereocenters. The predicted octanol–water partition coefficient (Wildman–Crippen LogP) is 0.884. The highest BCUT2D eigenvalue weighted by Crippen LogP contribution is 2.18. The number of nitrogens with zero attached hydrogens (tertiary/aromatic N) is 2. The van der Waals surface area contributed by atoms with Gasteiger partial charge in [-0.2, -0.15) is 18.3 Å². The molecule has 11 heteroatoms. The number of halogens is 4.